The monoisotopic (exact) mass is 309 g/mol. The summed E-state index contributed by atoms with van der Waals surface area (Å²) in [6.07, 6.45) is 1.55. The van der Waals surface area contributed by atoms with Crippen molar-refractivity contribution in [1.82, 2.24) is 4.90 Å². The molecule has 0 saturated heterocycles. The van der Waals surface area contributed by atoms with Gasteiger partial charge in [-0.15, -0.1) is 6.58 Å². The Kier molecular flexibility index (Phi) is 7.38. The van der Waals surface area contributed by atoms with Crippen molar-refractivity contribution in [3.8, 4) is 11.5 Å². The summed E-state index contributed by atoms with van der Waals surface area (Å²) in [5.74, 6) is 1.49. The second-order valence-electron chi connectivity index (χ2n) is 5.49. The quantitative estimate of drug-likeness (QED) is 0.671. The Labute approximate surface area is 133 Å². The van der Waals surface area contributed by atoms with E-state index in [9.17, 15) is 5.11 Å². The summed E-state index contributed by atoms with van der Waals surface area (Å²) >= 11 is 0. The Morgan fingerprint density at radius 2 is 1.77 bits per heavy atom. The number of rotatable bonds is 10. The molecular formula is C17H27NO4. The van der Waals surface area contributed by atoms with Crippen LogP contribution in [-0.2, 0) is 11.3 Å². The first kappa shape index (κ1) is 18.5. The van der Waals surface area contributed by atoms with Crippen LogP contribution < -0.4 is 9.47 Å². The van der Waals surface area contributed by atoms with E-state index in [1.807, 2.05) is 18.2 Å². The SMILES string of the molecule is C=CC(C)(O)CN(CCOC)Cc1cc(OC)cc(OC)c1. The molecule has 5 nitrogen and oxygen atoms in total. The molecule has 0 spiro atoms. The maximum absolute atomic E-state index is 10.2. The minimum atomic E-state index is -0.948. The molecule has 0 aromatic heterocycles. The van der Waals surface area contributed by atoms with Crippen LogP contribution in [0.5, 0.6) is 11.5 Å². The highest BCUT2D eigenvalue weighted by Crippen LogP contribution is 2.24. The third-order valence-corrected chi connectivity index (χ3v) is 3.41. The fraction of sp³-hybridized carbons (Fsp3) is 0.529. The van der Waals surface area contributed by atoms with E-state index in [-0.39, 0.29) is 0 Å². The Bertz CT molecular complexity index is 451. The van der Waals surface area contributed by atoms with Crippen molar-refractivity contribution < 1.29 is 19.3 Å². The number of nitrogens with zero attached hydrogens (tertiary/aromatic N) is 1. The summed E-state index contributed by atoms with van der Waals surface area (Å²) in [5, 5.41) is 10.2. The van der Waals surface area contributed by atoms with Gasteiger partial charge in [0.1, 0.15) is 11.5 Å². The number of aliphatic hydroxyl groups is 1. The molecule has 1 N–H and O–H groups in total. The molecule has 124 valence electrons. The van der Waals surface area contributed by atoms with Crippen LogP contribution in [-0.4, -0.2) is 56.6 Å². The number of benzene rings is 1. The molecule has 0 heterocycles. The molecule has 1 aromatic carbocycles. The Morgan fingerprint density at radius 1 is 1.18 bits per heavy atom. The van der Waals surface area contributed by atoms with Crippen molar-refractivity contribution in [2.75, 3.05) is 41.0 Å². The molecule has 22 heavy (non-hydrogen) atoms. The minimum absolute atomic E-state index is 0.472. The molecule has 0 aliphatic carbocycles. The van der Waals surface area contributed by atoms with Crippen molar-refractivity contribution in [2.45, 2.75) is 19.1 Å². The van der Waals surface area contributed by atoms with Gasteiger partial charge in [-0.25, -0.2) is 0 Å². The van der Waals surface area contributed by atoms with Gasteiger partial charge < -0.3 is 19.3 Å². The van der Waals surface area contributed by atoms with E-state index in [0.717, 1.165) is 17.1 Å². The number of ether oxygens (including phenoxy) is 3. The van der Waals surface area contributed by atoms with Gasteiger partial charge in [-0.2, -0.15) is 0 Å². The Hall–Kier alpha value is -1.56. The average molecular weight is 309 g/mol. The lowest BCUT2D eigenvalue weighted by atomic mass is 10.1. The second-order valence-corrected chi connectivity index (χ2v) is 5.49. The molecule has 1 rings (SSSR count). The van der Waals surface area contributed by atoms with Gasteiger partial charge in [0.05, 0.1) is 26.4 Å². The predicted molar refractivity (Wildman–Crippen MR) is 87.5 cm³/mol. The molecule has 1 atom stereocenters. The zero-order valence-corrected chi connectivity index (χ0v) is 14.0. The van der Waals surface area contributed by atoms with Crippen molar-refractivity contribution >= 4 is 0 Å². The van der Waals surface area contributed by atoms with Gasteiger partial charge in [0.25, 0.3) is 0 Å². The largest absolute Gasteiger partial charge is 0.497 e. The van der Waals surface area contributed by atoms with E-state index in [0.29, 0.717) is 26.2 Å². The topological polar surface area (TPSA) is 51.2 Å². The van der Waals surface area contributed by atoms with E-state index in [2.05, 4.69) is 11.5 Å². The molecule has 1 unspecified atom stereocenters. The van der Waals surface area contributed by atoms with Crippen molar-refractivity contribution in [3.63, 3.8) is 0 Å². The van der Waals surface area contributed by atoms with Crippen LogP contribution in [0.25, 0.3) is 0 Å². The van der Waals surface area contributed by atoms with Crippen LogP contribution in [0.3, 0.4) is 0 Å². The van der Waals surface area contributed by atoms with Crippen LogP contribution in [0.1, 0.15) is 12.5 Å². The fourth-order valence-corrected chi connectivity index (χ4v) is 2.17. The van der Waals surface area contributed by atoms with Crippen LogP contribution in [0.15, 0.2) is 30.9 Å². The second kappa shape index (κ2) is 8.78. The van der Waals surface area contributed by atoms with Crippen molar-refractivity contribution in [2.24, 2.45) is 0 Å². The first-order valence-electron chi connectivity index (χ1n) is 7.23. The molecule has 0 aliphatic heterocycles. The summed E-state index contributed by atoms with van der Waals surface area (Å²) < 4.78 is 15.7. The van der Waals surface area contributed by atoms with E-state index < -0.39 is 5.60 Å². The van der Waals surface area contributed by atoms with Crippen LogP contribution in [0.4, 0.5) is 0 Å². The van der Waals surface area contributed by atoms with Gasteiger partial charge in [0.2, 0.25) is 0 Å². The van der Waals surface area contributed by atoms with Crippen molar-refractivity contribution in [3.05, 3.63) is 36.4 Å². The van der Waals surface area contributed by atoms with Crippen molar-refractivity contribution in [1.29, 1.82) is 0 Å². The minimum Gasteiger partial charge on any atom is -0.497 e. The van der Waals surface area contributed by atoms with E-state index in [1.54, 1.807) is 34.3 Å². The molecule has 0 amide bonds. The van der Waals surface area contributed by atoms with E-state index in [4.69, 9.17) is 14.2 Å². The molecule has 1 aromatic rings. The molecule has 0 aliphatic rings. The molecule has 5 heteroatoms. The smallest absolute Gasteiger partial charge is 0.122 e. The molecule has 0 radical (unpaired) electrons. The third-order valence-electron chi connectivity index (χ3n) is 3.41. The zero-order valence-electron chi connectivity index (χ0n) is 14.0. The van der Waals surface area contributed by atoms with Crippen LogP contribution in [0.2, 0.25) is 0 Å². The normalized spacial score (nSPS) is 13.7. The van der Waals surface area contributed by atoms with Crippen LogP contribution >= 0.6 is 0 Å². The highest BCUT2D eigenvalue weighted by molar-refractivity contribution is 5.38. The van der Waals surface area contributed by atoms with Gasteiger partial charge in [0.15, 0.2) is 0 Å². The fourth-order valence-electron chi connectivity index (χ4n) is 2.17. The first-order chi connectivity index (χ1) is 10.4. The molecule has 0 fully saturated rings. The van der Waals surface area contributed by atoms with Gasteiger partial charge in [0, 0.05) is 32.8 Å². The van der Waals surface area contributed by atoms with Gasteiger partial charge in [-0.3, -0.25) is 4.90 Å². The lowest BCUT2D eigenvalue weighted by Crippen LogP contribution is -2.40. The van der Waals surface area contributed by atoms with E-state index in [1.165, 1.54) is 0 Å². The van der Waals surface area contributed by atoms with Gasteiger partial charge >= 0.3 is 0 Å². The highest BCUT2D eigenvalue weighted by atomic mass is 16.5. The van der Waals surface area contributed by atoms with Gasteiger partial charge in [-0.05, 0) is 24.6 Å². The molecule has 0 saturated carbocycles. The lowest BCUT2D eigenvalue weighted by molar-refractivity contribution is 0.0465. The average Bonchev–Trinajstić information content (AvgIpc) is 2.51. The van der Waals surface area contributed by atoms with Crippen LogP contribution in [0, 0.1) is 0 Å². The number of hydrogen-bond donors (Lipinski definition) is 1. The summed E-state index contributed by atoms with van der Waals surface area (Å²) in [6, 6.07) is 5.76. The molecule has 0 bridgehead atoms. The Balaban J connectivity index is 2.90. The maximum atomic E-state index is 10.2. The number of hydrogen-bond acceptors (Lipinski definition) is 5. The number of methoxy groups -OCH3 is 3. The summed E-state index contributed by atoms with van der Waals surface area (Å²) in [4.78, 5) is 2.11. The summed E-state index contributed by atoms with van der Waals surface area (Å²) in [6.45, 7) is 7.85. The first-order valence-corrected chi connectivity index (χ1v) is 7.23. The summed E-state index contributed by atoms with van der Waals surface area (Å²) in [5.41, 5.74) is 0.101. The van der Waals surface area contributed by atoms with Gasteiger partial charge in [-0.1, -0.05) is 6.08 Å². The third kappa shape index (κ3) is 6.05. The Morgan fingerprint density at radius 3 is 2.23 bits per heavy atom. The maximum Gasteiger partial charge on any atom is 0.122 e. The lowest BCUT2D eigenvalue weighted by Gasteiger charge is -2.29. The molecular weight excluding hydrogens is 282 g/mol. The standard InChI is InChI=1S/C17H27NO4/c1-6-17(2,19)13-18(7-8-20-3)12-14-9-15(21-4)11-16(10-14)22-5/h6,9-11,19H,1,7-8,12-13H2,2-5H3. The summed E-state index contributed by atoms with van der Waals surface area (Å²) in [7, 11) is 4.92. The zero-order chi connectivity index (χ0) is 16.6. The van der Waals surface area contributed by atoms with E-state index >= 15 is 0 Å². The predicted octanol–water partition coefficient (Wildman–Crippen LogP) is 2.09. The highest BCUT2D eigenvalue weighted by Gasteiger charge is 2.20.